The minimum absolute atomic E-state index is 0.0873. The van der Waals surface area contributed by atoms with E-state index in [1.807, 2.05) is 0 Å². The number of hydrogen-bond donors (Lipinski definition) is 4. The molecule has 0 aliphatic carbocycles. The van der Waals surface area contributed by atoms with Gasteiger partial charge in [0.1, 0.15) is 5.82 Å². The highest BCUT2D eigenvalue weighted by molar-refractivity contribution is 5.75. The van der Waals surface area contributed by atoms with E-state index in [0.29, 0.717) is 11.1 Å². The number of phenolic OH excluding ortho intramolecular Hbond substituents is 2. The zero-order chi connectivity index (χ0) is 11.7. The molecule has 0 unspecified atom stereocenters. The van der Waals surface area contributed by atoms with Crippen LogP contribution in [-0.2, 0) is 0 Å². The molecule has 16 heavy (non-hydrogen) atoms. The Morgan fingerprint density at radius 1 is 1.06 bits per heavy atom. The van der Waals surface area contributed by atoms with E-state index >= 15 is 0 Å². The number of rotatable bonds is 1. The van der Waals surface area contributed by atoms with Crippen molar-refractivity contribution < 1.29 is 10.2 Å². The molecule has 0 atom stereocenters. The average Bonchev–Trinajstić information content (AvgIpc) is 2.22. The minimum atomic E-state index is -0.228. The molecule has 0 saturated carbocycles. The number of nitrogens with zero attached hydrogens (tertiary/aromatic N) is 2. The van der Waals surface area contributed by atoms with Crippen LogP contribution in [0.4, 0.5) is 11.8 Å². The summed E-state index contributed by atoms with van der Waals surface area (Å²) in [6, 6.07) is 4.33. The van der Waals surface area contributed by atoms with Gasteiger partial charge >= 0.3 is 0 Å². The molecule has 82 valence electrons. The fourth-order valence-electron chi connectivity index (χ4n) is 1.32. The van der Waals surface area contributed by atoms with Crippen LogP contribution < -0.4 is 11.5 Å². The third-order valence-corrected chi connectivity index (χ3v) is 2.12. The predicted octanol–water partition coefficient (Wildman–Crippen LogP) is 0.719. The van der Waals surface area contributed by atoms with Gasteiger partial charge in [-0.25, -0.2) is 4.98 Å². The molecule has 0 spiro atoms. The van der Waals surface area contributed by atoms with Crippen molar-refractivity contribution in [2.24, 2.45) is 0 Å². The smallest absolute Gasteiger partial charge is 0.221 e. The lowest BCUT2D eigenvalue weighted by molar-refractivity contribution is 0.404. The molecule has 2 rings (SSSR count). The highest BCUT2D eigenvalue weighted by Crippen LogP contribution is 2.32. The van der Waals surface area contributed by atoms with Gasteiger partial charge in [-0.05, 0) is 17.7 Å². The van der Waals surface area contributed by atoms with Gasteiger partial charge in [0.2, 0.25) is 5.95 Å². The standard InChI is InChI=1S/C10H10N4O2/c11-9-6(4-13-10(12)14-9)5-1-2-7(15)8(16)3-5/h1-4,15-16H,(H4,11,12,13,14). The van der Waals surface area contributed by atoms with Crippen molar-refractivity contribution in [2.75, 3.05) is 11.5 Å². The Bertz CT molecular complexity index is 542. The number of hydrogen-bond acceptors (Lipinski definition) is 6. The van der Waals surface area contributed by atoms with E-state index in [-0.39, 0.29) is 23.3 Å². The topological polar surface area (TPSA) is 118 Å². The summed E-state index contributed by atoms with van der Waals surface area (Å²) in [7, 11) is 0. The lowest BCUT2D eigenvalue weighted by atomic mass is 10.1. The fourth-order valence-corrected chi connectivity index (χ4v) is 1.32. The number of phenols is 2. The molecule has 0 bridgehead atoms. The van der Waals surface area contributed by atoms with Crippen molar-refractivity contribution in [1.82, 2.24) is 9.97 Å². The maximum atomic E-state index is 9.35. The number of aromatic hydroxyl groups is 2. The van der Waals surface area contributed by atoms with E-state index in [1.54, 1.807) is 6.07 Å². The van der Waals surface area contributed by atoms with E-state index in [0.717, 1.165) is 0 Å². The SMILES string of the molecule is Nc1ncc(-c2ccc(O)c(O)c2)c(N)n1. The second-order valence-corrected chi connectivity index (χ2v) is 3.23. The first-order valence-electron chi connectivity index (χ1n) is 4.48. The summed E-state index contributed by atoms with van der Waals surface area (Å²) in [5, 5.41) is 18.5. The summed E-state index contributed by atoms with van der Waals surface area (Å²) in [6.45, 7) is 0. The molecule has 0 radical (unpaired) electrons. The summed E-state index contributed by atoms with van der Waals surface area (Å²) in [5.41, 5.74) is 12.2. The van der Waals surface area contributed by atoms with E-state index in [1.165, 1.54) is 18.3 Å². The van der Waals surface area contributed by atoms with Gasteiger partial charge in [-0.2, -0.15) is 4.98 Å². The molecule has 1 aromatic carbocycles. The van der Waals surface area contributed by atoms with Crippen molar-refractivity contribution in [1.29, 1.82) is 0 Å². The first kappa shape index (κ1) is 10.0. The first-order chi connectivity index (χ1) is 7.58. The molecule has 6 heteroatoms. The van der Waals surface area contributed by atoms with Crippen LogP contribution in [0.1, 0.15) is 0 Å². The van der Waals surface area contributed by atoms with Gasteiger partial charge in [0.15, 0.2) is 11.5 Å². The largest absolute Gasteiger partial charge is 0.504 e. The molecule has 0 aliphatic rings. The lowest BCUT2D eigenvalue weighted by Crippen LogP contribution is -2.00. The number of anilines is 2. The highest BCUT2D eigenvalue weighted by atomic mass is 16.3. The van der Waals surface area contributed by atoms with Crippen LogP contribution in [0.2, 0.25) is 0 Å². The van der Waals surface area contributed by atoms with Crippen molar-refractivity contribution in [3.05, 3.63) is 24.4 Å². The van der Waals surface area contributed by atoms with Gasteiger partial charge in [-0.1, -0.05) is 6.07 Å². The Morgan fingerprint density at radius 2 is 1.81 bits per heavy atom. The Morgan fingerprint density at radius 3 is 2.44 bits per heavy atom. The highest BCUT2D eigenvalue weighted by Gasteiger charge is 2.07. The molecule has 0 amide bonds. The van der Waals surface area contributed by atoms with Crippen LogP contribution in [0.25, 0.3) is 11.1 Å². The van der Waals surface area contributed by atoms with Crippen LogP contribution in [-0.4, -0.2) is 20.2 Å². The number of nitrogens with two attached hydrogens (primary N) is 2. The maximum absolute atomic E-state index is 9.35. The second-order valence-electron chi connectivity index (χ2n) is 3.23. The van der Waals surface area contributed by atoms with E-state index in [2.05, 4.69) is 9.97 Å². The van der Waals surface area contributed by atoms with Crippen LogP contribution in [0, 0.1) is 0 Å². The number of aromatic nitrogens is 2. The van der Waals surface area contributed by atoms with Crippen molar-refractivity contribution in [2.45, 2.75) is 0 Å². The average molecular weight is 218 g/mol. The van der Waals surface area contributed by atoms with Gasteiger partial charge in [0.05, 0.1) is 0 Å². The lowest BCUT2D eigenvalue weighted by Gasteiger charge is -2.06. The molecule has 6 N–H and O–H groups in total. The Balaban J connectivity index is 2.54. The molecule has 1 heterocycles. The van der Waals surface area contributed by atoms with Crippen molar-refractivity contribution >= 4 is 11.8 Å². The van der Waals surface area contributed by atoms with Crippen LogP contribution in [0.3, 0.4) is 0 Å². The van der Waals surface area contributed by atoms with E-state index in [9.17, 15) is 10.2 Å². The molecule has 1 aromatic heterocycles. The van der Waals surface area contributed by atoms with Gasteiger partial charge in [0.25, 0.3) is 0 Å². The quantitative estimate of drug-likeness (QED) is 0.524. The Hall–Kier alpha value is -2.50. The van der Waals surface area contributed by atoms with Crippen LogP contribution >= 0.6 is 0 Å². The molecule has 2 aromatic rings. The maximum Gasteiger partial charge on any atom is 0.221 e. The van der Waals surface area contributed by atoms with Gasteiger partial charge in [-0.15, -0.1) is 0 Å². The molecule has 6 nitrogen and oxygen atoms in total. The van der Waals surface area contributed by atoms with Gasteiger partial charge < -0.3 is 21.7 Å². The molecule has 0 fully saturated rings. The van der Waals surface area contributed by atoms with Gasteiger partial charge in [0, 0.05) is 11.8 Å². The van der Waals surface area contributed by atoms with E-state index < -0.39 is 0 Å². The minimum Gasteiger partial charge on any atom is -0.504 e. The second kappa shape index (κ2) is 3.58. The summed E-state index contributed by atoms with van der Waals surface area (Å²) >= 11 is 0. The molecular weight excluding hydrogens is 208 g/mol. The predicted molar refractivity (Wildman–Crippen MR) is 59.6 cm³/mol. The fraction of sp³-hybridized carbons (Fsp3) is 0. The molecular formula is C10H10N4O2. The summed E-state index contributed by atoms with van der Waals surface area (Å²) < 4.78 is 0. The first-order valence-corrected chi connectivity index (χ1v) is 4.48. The summed E-state index contributed by atoms with van der Waals surface area (Å²) in [4.78, 5) is 7.61. The monoisotopic (exact) mass is 218 g/mol. The summed E-state index contributed by atoms with van der Waals surface area (Å²) in [6.07, 6.45) is 1.46. The zero-order valence-corrected chi connectivity index (χ0v) is 8.25. The van der Waals surface area contributed by atoms with Crippen LogP contribution in [0.15, 0.2) is 24.4 Å². The third kappa shape index (κ3) is 1.68. The van der Waals surface area contributed by atoms with Gasteiger partial charge in [-0.3, -0.25) is 0 Å². The normalized spacial score (nSPS) is 10.2. The van der Waals surface area contributed by atoms with Crippen molar-refractivity contribution in [3.63, 3.8) is 0 Å². The Kier molecular flexibility index (Phi) is 2.24. The zero-order valence-electron chi connectivity index (χ0n) is 8.25. The number of benzene rings is 1. The van der Waals surface area contributed by atoms with Crippen molar-refractivity contribution in [3.8, 4) is 22.6 Å². The third-order valence-electron chi connectivity index (χ3n) is 2.12. The van der Waals surface area contributed by atoms with E-state index in [4.69, 9.17) is 11.5 Å². The molecule has 0 saturated heterocycles. The Labute approximate surface area is 91.2 Å². The number of nitrogen functional groups attached to an aromatic ring is 2. The summed E-state index contributed by atoms with van der Waals surface area (Å²) in [5.74, 6) is -0.116. The molecule has 0 aliphatic heterocycles. The van der Waals surface area contributed by atoms with Crippen LogP contribution in [0.5, 0.6) is 11.5 Å².